The average Bonchev–Trinajstić information content (AvgIpc) is 1.83. The van der Waals surface area contributed by atoms with E-state index in [4.69, 9.17) is 5.21 Å². The Bertz CT molecular complexity index is 109. The van der Waals surface area contributed by atoms with E-state index in [9.17, 15) is 4.39 Å². The number of rotatable bonds is 2. The molecule has 2 nitrogen and oxygen atoms in total. The lowest BCUT2D eigenvalue weighted by molar-refractivity contribution is 0.312. The molecule has 0 aliphatic rings. The van der Waals surface area contributed by atoms with Gasteiger partial charge in [-0.05, 0) is 12.5 Å². The van der Waals surface area contributed by atoms with Gasteiger partial charge < -0.3 is 5.21 Å². The lowest BCUT2D eigenvalue weighted by atomic mass is 10.4. The minimum Gasteiger partial charge on any atom is -0.408 e. The fraction of sp³-hybridized carbons (Fsp3) is 0.400. The van der Waals surface area contributed by atoms with Crippen LogP contribution in [0.15, 0.2) is 17.3 Å². The van der Waals surface area contributed by atoms with Crippen LogP contribution < -0.4 is 0 Å². The van der Waals surface area contributed by atoms with Crippen molar-refractivity contribution in [2.24, 2.45) is 5.16 Å². The first-order valence-corrected chi connectivity index (χ1v) is 2.35. The van der Waals surface area contributed by atoms with Crippen LogP contribution in [0.25, 0.3) is 0 Å². The van der Waals surface area contributed by atoms with Gasteiger partial charge in [0.2, 0.25) is 5.97 Å². The van der Waals surface area contributed by atoms with Gasteiger partial charge in [-0.1, -0.05) is 18.2 Å². The fourth-order valence-corrected chi connectivity index (χ4v) is 0.248. The molecule has 0 aromatic heterocycles. The number of oxime groups is 1. The minimum absolute atomic E-state index is 0.739. The maximum Gasteiger partial charge on any atom is 0.249 e. The first kappa shape index (κ1) is 7.14. The Morgan fingerprint density at radius 1 is 1.88 bits per heavy atom. The Labute approximate surface area is 47.3 Å². The highest BCUT2D eigenvalue weighted by Crippen LogP contribution is 1.84. The predicted molar refractivity (Wildman–Crippen MR) is 29.8 cm³/mol. The zero-order valence-electron chi connectivity index (χ0n) is 4.63. The van der Waals surface area contributed by atoms with E-state index < -0.39 is 5.97 Å². The van der Waals surface area contributed by atoms with Gasteiger partial charge in [-0.25, -0.2) is 0 Å². The maximum absolute atomic E-state index is 11.7. The minimum atomic E-state index is -0.855. The summed E-state index contributed by atoms with van der Waals surface area (Å²) >= 11 is 0. The molecule has 0 bridgehead atoms. The summed E-state index contributed by atoms with van der Waals surface area (Å²) in [4.78, 5) is 0. The third-order valence-corrected chi connectivity index (χ3v) is 0.587. The van der Waals surface area contributed by atoms with E-state index in [0.717, 1.165) is 12.5 Å². The van der Waals surface area contributed by atoms with E-state index in [2.05, 4.69) is 5.16 Å². The van der Waals surface area contributed by atoms with Gasteiger partial charge in [0.15, 0.2) is 0 Å². The molecule has 46 valence electrons. The van der Waals surface area contributed by atoms with Crippen molar-refractivity contribution in [2.75, 3.05) is 0 Å². The SMILES string of the molecule is CC/C=C\C(F)=N/O. The quantitative estimate of drug-likeness (QED) is 0.333. The maximum atomic E-state index is 11.7. The average molecular weight is 117 g/mol. The van der Waals surface area contributed by atoms with E-state index in [1.165, 1.54) is 0 Å². The molecule has 0 unspecified atom stereocenters. The van der Waals surface area contributed by atoms with Gasteiger partial charge in [-0.2, -0.15) is 4.39 Å². The third-order valence-electron chi connectivity index (χ3n) is 0.587. The summed E-state index contributed by atoms with van der Waals surface area (Å²) in [5, 5.41) is 10.0. The summed E-state index contributed by atoms with van der Waals surface area (Å²) in [5.41, 5.74) is 0. The summed E-state index contributed by atoms with van der Waals surface area (Å²) < 4.78 is 11.7. The van der Waals surface area contributed by atoms with Crippen LogP contribution in [0.3, 0.4) is 0 Å². The molecule has 1 N–H and O–H groups in total. The highest BCUT2D eigenvalue weighted by Gasteiger charge is 1.82. The highest BCUT2D eigenvalue weighted by molar-refractivity contribution is 5.85. The lowest BCUT2D eigenvalue weighted by Crippen LogP contribution is -1.78. The molecule has 0 aromatic rings. The largest absolute Gasteiger partial charge is 0.408 e. The standard InChI is InChI=1S/C5H8FNO/c1-2-3-4-5(6)7-8/h3-4,8H,2H2,1H3/b4-3-,7-5+. The van der Waals surface area contributed by atoms with Gasteiger partial charge in [0, 0.05) is 0 Å². The van der Waals surface area contributed by atoms with Gasteiger partial charge in [0.25, 0.3) is 0 Å². The van der Waals surface area contributed by atoms with Gasteiger partial charge in [-0.15, -0.1) is 0 Å². The van der Waals surface area contributed by atoms with Crippen molar-refractivity contribution in [3.05, 3.63) is 12.2 Å². The molecule has 0 aliphatic carbocycles. The monoisotopic (exact) mass is 117 g/mol. The second-order valence-corrected chi connectivity index (χ2v) is 1.23. The highest BCUT2D eigenvalue weighted by atomic mass is 19.1. The van der Waals surface area contributed by atoms with Crippen molar-refractivity contribution < 1.29 is 9.60 Å². The van der Waals surface area contributed by atoms with Crippen molar-refractivity contribution in [2.45, 2.75) is 13.3 Å². The van der Waals surface area contributed by atoms with Gasteiger partial charge in [0.05, 0.1) is 0 Å². The molecule has 0 heterocycles. The molecule has 0 aliphatic heterocycles. The summed E-state index contributed by atoms with van der Waals surface area (Å²) in [6.07, 6.45) is 3.41. The molecule has 0 saturated carbocycles. The molecule has 8 heavy (non-hydrogen) atoms. The first-order valence-electron chi connectivity index (χ1n) is 2.35. The summed E-state index contributed by atoms with van der Waals surface area (Å²) in [5.74, 6) is -0.855. The van der Waals surface area contributed by atoms with Crippen LogP contribution in [0.2, 0.25) is 0 Å². The second-order valence-electron chi connectivity index (χ2n) is 1.23. The number of hydrogen-bond acceptors (Lipinski definition) is 2. The number of hydrogen-bond donors (Lipinski definition) is 1. The molecule has 0 atom stereocenters. The smallest absolute Gasteiger partial charge is 0.249 e. The van der Waals surface area contributed by atoms with E-state index >= 15 is 0 Å². The number of halogens is 1. The van der Waals surface area contributed by atoms with Crippen molar-refractivity contribution in [1.82, 2.24) is 0 Å². The van der Waals surface area contributed by atoms with E-state index in [0.29, 0.717) is 0 Å². The van der Waals surface area contributed by atoms with Gasteiger partial charge >= 0.3 is 0 Å². The Morgan fingerprint density at radius 2 is 2.50 bits per heavy atom. The Kier molecular flexibility index (Phi) is 3.84. The normalized spacial score (nSPS) is 13.0. The topological polar surface area (TPSA) is 32.6 Å². The van der Waals surface area contributed by atoms with Crippen LogP contribution >= 0.6 is 0 Å². The third kappa shape index (κ3) is 3.33. The number of allylic oxidation sites excluding steroid dienone is 2. The Morgan fingerprint density at radius 3 is 2.88 bits per heavy atom. The van der Waals surface area contributed by atoms with Crippen LogP contribution in [-0.4, -0.2) is 11.2 Å². The molecule has 3 heteroatoms. The van der Waals surface area contributed by atoms with Crippen molar-refractivity contribution in [1.29, 1.82) is 0 Å². The van der Waals surface area contributed by atoms with E-state index in [-0.39, 0.29) is 0 Å². The lowest BCUT2D eigenvalue weighted by Gasteiger charge is -1.77. The van der Waals surface area contributed by atoms with Crippen molar-refractivity contribution in [3.8, 4) is 0 Å². The van der Waals surface area contributed by atoms with Gasteiger partial charge in [0.1, 0.15) is 0 Å². The zero-order chi connectivity index (χ0) is 6.41. The zero-order valence-corrected chi connectivity index (χ0v) is 4.63. The predicted octanol–water partition coefficient (Wildman–Crippen LogP) is 1.71. The van der Waals surface area contributed by atoms with Crippen LogP contribution in [0.5, 0.6) is 0 Å². The van der Waals surface area contributed by atoms with Crippen LogP contribution in [-0.2, 0) is 0 Å². The molecule has 0 fully saturated rings. The summed E-state index contributed by atoms with van der Waals surface area (Å²) in [6, 6.07) is 0. The molecule has 0 amide bonds. The molecule has 0 aromatic carbocycles. The molecule has 0 spiro atoms. The van der Waals surface area contributed by atoms with Crippen LogP contribution in [0, 0.1) is 0 Å². The van der Waals surface area contributed by atoms with Crippen molar-refractivity contribution in [3.63, 3.8) is 0 Å². The Hall–Kier alpha value is -0.860. The van der Waals surface area contributed by atoms with Crippen LogP contribution in [0.1, 0.15) is 13.3 Å². The van der Waals surface area contributed by atoms with Gasteiger partial charge in [-0.3, -0.25) is 0 Å². The molecule has 0 rings (SSSR count). The molecule has 0 radical (unpaired) electrons. The fourth-order valence-electron chi connectivity index (χ4n) is 0.248. The van der Waals surface area contributed by atoms with Crippen LogP contribution in [0.4, 0.5) is 4.39 Å². The molecule has 0 saturated heterocycles. The van der Waals surface area contributed by atoms with Crippen molar-refractivity contribution >= 4 is 5.97 Å². The second kappa shape index (κ2) is 4.30. The number of nitrogens with zero attached hydrogens (tertiary/aromatic N) is 1. The van der Waals surface area contributed by atoms with E-state index in [1.54, 1.807) is 6.08 Å². The summed E-state index contributed by atoms with van der Waals surface area (Å²) in [6.45, 7) is 1.86. The molecular formula is C5H8FNO. The summed E-state index contributed by atoms with van der Waals surface area (Å²) in [7, 11) is 0. The molecular weight excluding hydrogens is 109 g/mol. The van der Waals surface area contributed by atoms with E-state index in [1.807, 2.05) is 6.92 Å². The Balaban J connectivity index is 3.53. The first-order chi connectivity index (χ1) is 3.81.